The van der Waals surface area contributed by atoms with Gasteiger partial charge in [0.05, 0.1) is 6.61 Å². The third kappa shape index (κ3) is 2.76. The standard InChI is InChI=1S/C12H14F2N2O2/c13-8-2-1-3-9(14)10(8)16-11(18)15-6-12(7-17)4-5-12/h1-3,17H,4-7H2,(H2,15,16,18). The summed E-state index contributed by atoms with van der Waals surface area (Å²) in [6.45, 7) is 0.298. The lowest BCUT2D eigenvalue weighted by molar-refractivity contribution is 0.206. The molecule has 0 spiro atoms. The second-order valence-corrected chi connectivity index (χ2v) is 4.56. The summed E-state index contributed by atoms with van der Waals surface area (Å²) in [6.07, 6.45) is 1.69. The molecule has 0 aliphatic heterocycles. The summed E-state index contributed by atoms with van der Waals surface area (Å²) in [5.74, 6) is -1.65. The number of halogens is 2. The van der Waals surface area contributed by atoms with Gasteiger partial charge in [-0.05, 0) is 25.0 Å². The van der Waals surface area contributed by atoms with Crippen molar-refractivity contribution in [2.45, 2.75) is 12.8 Å². The molecule has 1 fully saturated rings. The number of carbonyl (C=O) groups is 1. The van der Waals surface area contributed by atoms with Gasteiger partial charge in [-0.25, -0.2) is 13.6 Å². The van der Waals surface area contributed by atoms with E-state index in [9.17, 15) is 13.6 Å². The number of anilines is 1. The van der Waals surface area contributed by atoms with E-state index in [0.29, 0.717) is 6.54 Å². The van der Waals surface area contributed by atoms with Gasteiger partial charge in [-0.3, -0.25) is 0 Å². The van der Waals surface area contributed by atoms with E-state index in [2.05, 4.69) is 10.6 Å². The zero-order valence-corrected chi connectivity index (χ0v) is 9.67. The Morgan fingerprint density at radius 2 is 1.94 bits per heavy atom. The molecule has 0 radical (unpaired) electrons. The average Bonchev–Trinajstić information content (AvgIpc) is 3.12. The van der Waals surface area contributed by atoms with Gasteiger partial charge in [0.1, 0.15) is 17.3 Å². The SMILES string of the molecule is O=C(NCC1(CO)CC1)Nc1c(F)cccc1F. The van der Waals surface area contributed by atoms with Crippen LogP contribution in [0.2, 0.25) is 0 Å². The number of para-hydroxylation sites is 1. The van der Waals surface area contributed by atoms with Gasteiger partial charge in [0, 0.05) is 12.0 Å². The minimum Gasteiger partial charge on any atom is -0.396 e. The lowest BCUT2D eigenvalue weighted by atomic mass is 10.1. The van der Waals surface area contributed by atoms with Crippen molar-refractivity contribution in [2.75, 3.05) is 18.5 Å². The maximum Gasteiger partial charge on any atom is 0.319 e. The van der Waals surface area contributed by atoms with Gasteiger partial charge < -0.3 is 15.7 Å². The first-order valence-corrected chi connectivity index (χ1v) is 5.66. The highest BCUT2D eigenvalue weighted by molar-refractivity contribution is 5.89. The number of urea groups is 1. The zero-order chi connectivity index (χ0) is 13.2. The van der Waals surface area contributed by atoms with Gasteiger partial charge in [0.25, 0.3) is 0 Å². The maximum atomic E-state index is 13.2. The minimum atomic E-state index is -0.826. The zero-order valence-electron chi connectivity index (χ0n) is 9.67. The number of nitrogens with one attached hydrogen (secondary N) is 2. The first kappa shape index (κ1) is 12.8. The van der Waals surface area contributed by atoms with Crippen molar-refractivity contribution in [1.29, 1.82) is 0 Å². The largest absolute Gasteiger partial charge is 0.396 e. The molecule has 2 rings (SSSR count). The summed E-state index contributed by atoms with van der Waals surface area (Å²) in [7, 11) is 0. The molecule has 1 aromatic rings. The molecule has 3 N–H and O–H groups in total. The van der Waals surface area contributed by atoms with Crippen molar-refractivity contribution >= 4 is 11.7 Å². The van der Waals surface area contributed by atoms with Crippen LogP contribution in [0.3, 0.4) is 0 Å². The molecule has 18 heavy (non-hydrogen) atoms. The third-order valence-electron chi connectivity index (χ3n) is 3.12. The Kier molecular flexibility index (Phi) is 3.47. The van der Waals surface area contributed by atoms with Crippen LogP contribution in [-0.4, -0.2) is 24.3 Å². The minimum absolute atomic E-state index is 0.00133. The fourth-order valence-corrected chi connectivity index (χ4v) is 1.61. The van der Waals surface area contributed by atoms with Crippen molar-refractivity contribution in [3.05, 3.63) is 29.8 Å². The van der Waals surface area contributed by atoms with Gasteiger partial charge in [-0.15, -0.1) is 0 Å². The number of hydrogen-bond acceptors (Lipinski definition) is 2. The smallest absolute Gasteiger partial charge is 0.319 e. The monoisotopic (exact) mass is 256 g/mol. The van der Waals surface area contributed by atoms with Crippen LogP contribution >= 0.6 is 0 Å². The number of benzene rings is 1. The molecular weight excluding hydrogens is 242 g/mol. The van der Waals surface area contributed by atoms with Crippen molar-refractivity contribution in [3.63, 3.8) is 0 Å². The Bertz CT molecular complexity index is 441. The van der Waals surface area contributed by atoms with Crippen LogP contribution in [0.5, 0.6) is 0 Å². The maximum absolute atomic E-state index is 13.2. The van der Waals surface area contributed by atoms with Crippen molar-refractivity contribution < 1.29 is 18.7 Å². The van der Waals surface area contributed by atoms with Gasteiger partial charge in [-0.1, -0.05) is 6.07 Å². The molecule has 4 nitrogen and oxygen atoms in total. The van der Waals surface area contributed by atoms with E-state index in [1.807, 2.05) is 0 Å². The molecule has 2 amide bonds. The average molecular weight is 256 g/mol. The molecule has 0 saturated heterocycles. The van der Waals surface area contributed by atoms with Gasteiger partial charge in [0.2, 0.25) is 0 Å². The Balaban J connectivity index is 1.91. The molecule has 0 aromatic heterocycles. The van der Waals surface area contributed by atoms with Crippen LogP contribution in [0.4, 0.5) is 19.3 Å². The lowest BCUT2D eigenvalue weighted by Gasteiger charge is -2.13. The molecule has 1 saturated carbocycles. The topological polar surface area (TPSA) is 61.4 Å². The Hall–Kier alpha value is -1.69. The summed E-state index contributed by atoms with van der Waals surface area (Å²) in [6, 6.07) is 2.67. The molecule has 6 heteroatoms. The van der Waals surface area contributed by atoms with E-state index in [0.717, 1.165) is 25.0 Å². The van der Waals surface area contributed by atoms with Crippen LogP contribution in [0, 0.1) is 17.0 Å². The highest BCUT2D eigenvalue weighted by Gasteiger charge is 2.42. The quantitative estimate of drug-likeness (QED) is 0.770. The Morgan fingerprint density at radius 3 is 2.44 bits per heavy atom. The second kappa shape index (κ2) is 4.89. The van der Waals surface area contributed by atoms with Crippen molar-refractivity contribution in [3.8, 4) is 0 Å². The van der Waals surface area contributed by atoms with Crippen LogP contribution in [0.1, 0.15) is 12.8 Å². The predicted octanol–water partition coefficient (Wildman–Crippen LogP) is 1.86. The van der Waals surface area contributed by atoms with E-state index in [1.165, 1.54) is 6.07 Å². The molecule has 1 aliphatic rings. The number of aliphatic hydroxyl groups is 1. The van der Waals surface area contributed by atoms with Crippen LogP contribution < -0.4 is 10.6 Å². The molecule has 0 unspecified atom stereocenters. The highest BCUT2D eigenvalue weighted by Crippen LogP contribution is 2.44. The molecule has 1 aromatic carbocycles. The van der Waals surface area contributed by atoms with E-state index >= 15 is 0 Å². The highest BCUT2D eigenvalue weighted by atomic mass is 19.1. The first-order valence-electron chi connectivity index (χ1n) is 5.66. The second-order valence-electron chi connectivity index (χ2n) is 4.56. The van der Waals surface area contributed by atoms with E-state index in [-0.39, 0.29) is 12.0 Å². The van der Waals surface area contributed by atoms with Crippen LogP contribution in [0.15, 0.2) is 18.2 Å². The van der Waals surface area contributed by atoms with Gasteiger partial charge >= 0.3 is 6.03 Å². The number of carbonyl (C=O) groups excluding carboxylic acids is 1. The van der Waals surface area contributed by atoms with E-state index in [4.69, 9.17) is 5.11 Å². The molecule has 0 atom stereocenters. The van der Waals surface area contributed by atoms with E-state index in [1.54, 1.807) is 0 Å². The molecule has 0 heterocycles. The summed E-state index contributed by atoms with van der Waals surface area (Å²) in [5, 5.41) is 13.7. The normalized spacial score (nSPS) is 16.2. The number of hydrogen-bond donors (Lipinski definition) is 3. The number of aliphatic hydroxyl groups excluding tert-OH is 1. The van der Waals surface area contributed by atoms with Crippen LogP contribution in [0.25, 0.3) is 0 Å². The third-order valence-corrected chi connectivity index (χ3v) is 3.12. The molecular formula is C12H14F2N2O2. The number of rotatable bonds is 4. The Labute approximate surface area is 103 Å². The molecule has 98 valence electrons. The Morgan fingerprint density at radius 1 is 1.33 bits per heavy atom. The van der Waals surface area contributed by atoms with Crippen LogP contribution in [-0.2, 0) is 0 Å². The fraction of sp³-hybridized carbons (Fsp3) is 0.417. The molecule has 1 aliphatic carbocycles. The van der Waals surface area contributed by atoms with Crippen molar-refractivity contribution in [1.82, 2.24) is 5.32 Å². The summed E-state index contributed by atoms with van der Waals surface area (Å²) < 4.78 is 26.5. The first-order chi connectivity index (χ1) is 8.56. The molecule has 0 bridgehead atoms. The summed E-state index contributed by atoms with van der Waals surface area (Å²) in [4.78, 5) is 11.5. The number of amides is 2. The summed E-state index contributed by atoms with van der Waals surface area (Å²) in [5.41, 5.74) is -0.714. The summed E-state index contributed by atoms with van der Waals surface area (Å²) >= 11 is 0. The van der Waals surface area contributed by atoms with Gasteiger partial charge in [0.15, 0.2) is 0 Å². The van der Waals surface area contributed by atoms with E-state index < -0.39 is 23.4 Å². The predicted molar refractivity (Wildman–Crippen MR) is 62.1 cm³/mol. The lowest BCUT2D eigenvalue weighted by Crippen LogP contribution is -2.35. The van der Waals surface area contributed by atoms with Crippen molar-refractivity contribution in [2.24, 2.45) is 5.41 Å². The van der Waals surface area contributed by atoms with Gasteiger partial charge in [-0.2, -0.15) is 0 Å². The fourth-order valence-electron chi connectivity index (χ4n) is 1.61.